The summed E-state index contributed by atoms with van der Waals surface area (Å²) in [5.41, 5.74) is -0.866. The van der Waals surface area contributed by atoms with Crippen molar-refractivity contribution in [1.82, 2.24) is 4.72 Å². The molecule has 0 fully saturated rings. The normalized spacial score (nSPS) is 12.9. The molecule has 7 nitrogen and oxygen atoms in total. The van der Waals surface area contributed by atoms with E-state index in [9.17, 15) is 31.2 Å². The van der Waals surface area contributed by atoms with Crippen molar-refractivity contribution in [2.24, 2.45) is 0 Å². The van der Waals surface area contributed by atoms with Crippen LogP contribution in [0.25, 0.3) is 0 Å². The molecule has 2 aromatic carbocycles. The Morgan fingerprint density at radius 1 is 1.07 bits per heavy atom. The number of esters is 1. The van der Waals surface area contributed by atoms with E-state index in [0.29, 0.717) is 0 Å². The Labute approximate surface area is 164 Å². The zero-order valence-corrected chi connectivity index (χ0v) is 16.1. The first-order valence-electron chi connectivity index (χ1n) is 8.17. The molecule has 1 unspecified atom stereocenters. The topological polar surface area (TPSA) is 102 Å². The quantitative estimate of drug-likeness (QED) is 0.687. The Balaban J connectivity index is 2.04. The minimum atomic E-state index is -4.50. The van der Waals surface area contributed by atoms with Gasteiger partial charge in [-0.1, -0.05) is 6.07 Å². The van der Waals surface area contributed by atoms with Gasteiger partial charge in [0.1, 0.15) is 0 Å². The maximum atomic E-state index is 12.6. The van der Waals surface area contributed by atoms with Gasteiger partial charge in [-0.05, 0) is 56.4 Å². The van der Waals surface area contributed by atoms with Crippen LogP contribution in [0.4, 0.5) is 18.9 Å². The van der Waals surface area contributed by atoms with Crippen LogP contribution < -0.4 is 10.0 Å². The zero-order chi connectivity index (χ0) is 21.8. The van der Waals surface area contributed by atoms with Crippen LogP contribution in [-0.4, -0.2) is 33.4 Å². The average molecular weight is 430 g/mol. The summed E-state index contributed by atoms with van der Waals surface area (Å²) < 4.78 is 68.4. The molecule has 2 rings (SSSR count). The van der Waals surface area contributed by atoms with Crippen molar-refractivity contribution < 1.29 is 35.9 Å². The number of anilines is 1. The number of carbonyl (C=O) groups excluding carboxylic acids is 2. The van der Waals surface area contributed by atoms with Crippen molar-refractivity contribution in [2.45, 2.75) is 24.1 Å². The van der Waals surface area contributed by atoms with Crippen LogP contribution in [0.15, 0.2) is 53.4 Å². The van der Waals surface area contributed by atoms with E-state index in [1.807, 2.05) is 0 Å². The molecule has 0 aliphatic carbocycles. The average Bonchev–Trinajstić information content (AvgIpc) is 2.67. The number of ether oxygens (including phenoxy) is 1. The molecule has 0 aliphatic heterocycles. The molecule has 0 aromatic heterocycles. The number of hydrogen-bond donors (Lipinski definition) is 2. The fourth-order valence-electron chi connectivity index (χ4n) is 2.18. The van der Waals surface area contributed by atoms with E-state index in [0.717, 1.165) is 30.3 Å². The predicted octanol–water partition coefficient (Wildman–Crippen LogP) is 2.80. The van der Waals surface area contributed by atoms with E-state index < -0.39 is 39.7 Å². The summed E-state index contributed by atoms with van der Waals surface area (Å²) in [5.74, 6) is -1.70. The van der Waals surface area contributed by atoms with Gasteiger partial charge in [-0.2, -0.15) is 13.2 Å². The lowest BCUT2D eigenvalue weighted by molar-refractivity contribution is -0.137. The van der Waals surface area contributed by atoms with E-state index in [1.165, 1.54) is 32.2 Å². The number of hydrogen-bond acceptors (Lipinski definition) is 5. The summed E-state index contributed by atoms with van der Waals surface area (Å²) in [7, 11) is -2.55. The Morgan fingerprint density at radius 2 is 1.69 bits per heavy atom. The van der Waals surface area contributed by atoms with E-state index >= 15 is 0 Å². The highest BCUT2D eigenvalue weighted by Crippen LogP contribution is 2.29. The van der Waals surface area contributed by atoms with E-state index in [4.69, 9.17) is 4.74 Å². The second-order valence-electron chi connectivity index (χ2n) is 5.85. The van der Waals surface area contributed by atoms with Gasteiger partial charge in [-0.25, -0.2) is 17.9 Å². The Bertz CT molecular complexity index is 1000. The van der Waals surface area contributed by atoms with E-state index in [2.05, 4.69) is 10.0 Å². The first kappa shape index (κ1) is 22.4. The molecule has 0 bridgehead atoms. The molecule has 11 heteroatoms. The highest BCUT2D eigenvalue weighted by molar-refractivity contribution is 7.89. The number of nitrogens with one attached hydrogen (secondary N) is 2. The first-order valence-corrected chi connectivity index (χ1v) is 9.65. The highest BCUT2D eigenvalue weighted by Gasteiger charge is 2.30. The van der Waals surface area contributed by atoms with Gasteiger partial charge in [0.2, 0.25) is 10.0 Å². The molecule has 2 aromatic rings. The van der Waals surface area contributed by atoms with Crippen LogP contribution in [0.2, 0.25) is 0 Å². The van der Waals surface area contributed by atoms with E-state index in [1.54, 1.807) is 0 Å². The van der Waals surface area contributed by atoms with Crippen molar-refractivity contribution in [1.29, 1.82) is 0 Å². The number of rotatable bonds is 6. The number of amides is 1. The summed E-state index contributed by atoms with van der Waals surface area (Å²) in [6.45, 7) is 1.27. The Morgan fingerprint density at radius 3 is 2.24 bits per heavy atom. The third kappa shape index (κ3) is 5.78. The van der Waals surface area contributed by atoms with Gasteiger partial charge >= 0.3 is 12.1 Å². The summed E-state index contributed by atoms with van der Waals surface area (Å²) in [5, 5.41) is 2.33. The standard InChI is InChI=1S/C18H17F3N2O5S/c1-11(16(24)23-14-8-6-13(7-9-14)18(19,20)21)28-17(25)12-4-3-5-15(10-12)29(26,27)22-2/h3-11,22H,1-2H3,(H,23,24). The van der Waals surface area contributed by atoms with Gasteiger partial charge in [-0.3, -0.25) is 4.79 Å². The van der Waals surface area contributed by atoms with Crippen molar-refractivity contribution in [3.05, 3.63) is 59.7 Å². The molecule has 0 radical (unpaired) electrons. The third-order valence-corrected chi connectivity index (χ3v) is 5.19. The number of sulfonamides is 1. The molecule has 1 atom stereocenters. The Kier molecular flexibility index (Phi) is 6.65. The lowest BCUT2D eigenvalue weighted by Gasteiger charge is -2.14. The zero-order valence-electron chi connectivity index (χ0n) is 15.3. The maximum Gasteiger partial charge on any atom is 0.416 e. The maximum absolute atomic E-state index is 12.6. The lowest BCUT2D eigenvalue weighted by atomic mass is 10.2. The third-order valence-electron chi connectivity index (χ3n) is 3.78. The molecule has 0 heterocycles. The molecular formula is C18H17F3N2O5S. The van der Waals surface area contributed by atoms with Crippen LogP contribution in [0, 0.1) is 0 Å². The smallest absolute Gasteiger partial charge is 0.416 e. The molecular weight excluding hydrogens is 413 g/mol. The van der Waals surface area contributed by atoms with Crippen molar-refractivity contribution in [3.63, 3.8) is 0 Å². The van der Waals surface area contributed by atoms with Gasteiger partial charge in [0.15, 0.2) is 6.10 Å². The van der Waals surface area contributed by atoms with Crippen molar-refractivity contribution >= 4 is 27.6 Å². The Hall–Kier alpha value is -2.92. The van der Waals surface area contributed by atoms with Crippen LogP contribution in [0.5, 0.6) is 0 Å². The second kappa shape index (κ2) is 8.62. The minimum Gasteiger partial charge on any atom is -0.449 e. The van der Waals surface area contributed by atoms with Crippen molar-refractivity contribution in [3.8, 4) is 0 Å². The molecule has 2 N–H and O–H groups in total. The van der Waals surface area contributed by atoms with Crippen LogP contribution in [0.1, 0.15) is 22.8 Å². The fourth-order valence-corrected chi connectivity index (χ4v) is 2.95. The van der Waals surface area contributed by atoms with Gasteiger partial charge < -0.3 is 10.1 Å². The fraction of sp³-hybridized carbons (Fsp3) is 0.222. The predicted molar refractivity (Wildman–Crippen MR) is 97.6 cm³/mol. The molecule has 0 saturated heterocycles. The van der Waals surface area contributed by atoms with E-state index in [-0.39, 0.29) is 16.1 Å². The number of carbonyl (C=O) groups is 2. The molecule has 29 heavy (non-hydrogen) atoms. The summed E-state index contributed by atoms with van der Waals surface area (Å²) in [6.07, 6.45) is -5.78. The molecule has 156 valence electrons. The first-order chi connectivity index (χ1) is 13.4. The van der Waals surface area contributed by atoms with Gasteiger partial charge in [0.25, 0.3) is 5.91 Å². The minimum absolute atomic E-state index is 0.0875. The SMILES string of the molecule is CNS(=O)(=O)c1cccc(C(=O)OC(C)C(=O)Nc2ccc(C(F)(F)F)cc2)c1. The highest BCUT2D eigenvalue weighted by atomic mass is 32.2. The second-order valence-corrected chi connectivity index (χ2v) is 7.73. The number of alkyl halides is 3. The monoisotopic (exact) mass is 430 g/mol. The lowest BCUT2D eigenvalue weighted by Crippen LogP contribution is -2.30. The summed E-state index contributed by atoms with van der Waals surface area (Å²) in [6, 6.07) is 8.78. The molecule has 0 aliphatic rings. The van der Waals surface area contributed by atoms with Gasteiger partial charge in [0.05, 0.1) is 16.0 Å². The van der Waals surface area contributed by atoms with Crippen LogP contribution in [-0.2, 0) is 25.7 Å². The van der Waals surface area contributed by atoms with Gasteiger partial charge in [-0.15, -0.1) is 0 Å². The summed E-state index contributed by atoms with van der Waals surface area (Å²) in [4.78, 5) is 24.2. The van der Waals surface area contributed by atoms with Crippen LogP contribution >= 0.6 is 0 Å². The van der Waals surface area contributed by atoms with Gasteiger partial charge in [0, 0.05) is 5.69 Å². The largest absolute Gasteiger partial charge is 0.449 e. The summed E-state index contributed by atoms with van der Waals surface area (Å²) >= 11 is 0. The molecule has 1 amide bonds. The molecule has 0 saturated carbocycles. The molecule has 0 spiro atoms. The van der Waals surface area contributed by atoms with Crippen molar-refractivity contribution in [2.75, 3.05) is 12.4 Å². The number of halogens is 3. The number of benzene rings is 2. The van der Waals surface area contributed by atoms with Crippen LogP contribution in [0.3, 0.4) is 0 Å².